The third kappa shape index (κ3) is 4.29. The number of carbonyl (C=O) groups is 1. The summed E-state index contributed by atoms with van der Waals surface area (Å²) in [6.07, 6.45) is -0.932. The lowest BCUT2D eigenvalue weighted by Gasteiger charge is -2.42. The average molecular weight is 481 g/mol. The van der Waals surface area contributed by atoms with Crippen molar-refractivity contribution >= 4 is 33.2 Å². The van der Waals surface area contributed by atoms with Crippen molar-refractivity contribution in [1.29, 1.82) is 0 Å². The largest absolute Gasteiger partial charge is 0.490 e. The van der Waals surface area contributed by atoms with Gasteiger partial charge in [-0.3, -0.25) is 4.79 Å². The summed E-state index contributed by atoms with van der Waals surface area (Å²) < 4.78 is 26.1. The van der Waals surface area contributed by atoms with Crippen LogP contribution in [-0.4, -0.2) is 54.1 Å². The van der Waals surface area contributed by atoms with Crippen molar-refractivity contribution in [3.05, 3.63) is 52.3 Å². The summed E-state index contributed by atoms with van der Waals surface area (Å²) in [5, 5.41) is 24.3. The number of hydrogen-bond acceptors (Lipinski definition) is 6. The van der Waals surface area contributed by atoms with E-state index in [1.807, 2.05) is 0 Å². The molecule has 30 heavy (non-hydrogen) atoms. The van der Waals surface area contributed by atoms with Crippen molar-refractivity contribution < 1.29 is 28.9 Å². The smallest absolute Gasteiger partial charge is 0.250 e. The van der Waals surface area contributed by atoms with Crippen LogP contribution in [0.25, 0.3) is 0 Å². The molecule has 2 aliphatic rings. The minimum Gasteiger partial charge on any atom is -0.490 e. The molecule has 1 fully saturated rings. The zero-order valence-electron chi connectivity index (χ0n) is 16.1. The van der Waals surface area contributed by atoms with E-state index in [1.54, 1.807) is 35.2 Å². The second kappa shape index (κ2) is 8.50. The van der Waals surface area contributed by atoms with Crippen LogP contribution < -0.4 is 15.0 Å². The number of fused-ring (bicyclic) bond motifs is 1. The fraction of sp³-hybridized carbons (Fsp3) is 0.381. The monoisotopic (exact) mass is 480 g/mol. The molecule has 2 heterocycles. The number of halogens is 2. The van der Waals surface area contributed by atoms with Crippen LogP contribution in [-0.2, 0) is 16.1 Å². The summed E-state index contributed by atoms with van der Waals surface area (Å²) in [6.45, 7) is 0.447. The van der Waals surface area contributed by atoms with Crippen LogP contribution >= 0.6 is 15.9 Å². The van der Waals surface area contributed by atoms with E-state index < -0.39 is 17.5 Å². The maximum atomic E-state index is 14.3. The number of benzene rings is 2. The summed E-state index contributed by atoms with van der Waals surface area (Å²) in [7, 11) is 0. The maximum Gasteiger partial charge on any atom is 0.250 e. The van der Waals surface area contributed by atoms with Crippen molar-refractivity contribution in [1.82, 2.24) is 0 Å². The van der Waals surface area contributed by atoms with Crippen LogP contribution in [0.5, 0.6) is 5.75 Å². The minimum atomic E-state index is -1.49. The number of β-amino-alcohol motifs (C(OH)–C–C–N with tert-alkyl or cyclic N) is 1. The Balaban J connectivity index is 1.45. The van der Waals surface area contributed by atoms with Crippen molar-refractivity contribution in [2.24, 2.45) is 0 Å². The third-order valence-electron chi connectivity index (χ3n) is 5.44. The molecule has 9 heteroatoms. The first-order chi connectivity index (χ1) is 14.4. The number of hydrogen-bond donors (Lipinski definition) is 3. The first-order valence-electron chi connectivity index (χ1n) is 9.58. The molecule has 0 aliphatic carbocycles. The fourth-order valence-electron chi connectivity index (χ4n) is 3.69. The van der Waals surface area contributed by atoms with Crippen molar-refractivity contribution in [3.8, 4) is 5.75 Å². The topological polar surface area (TPSA) is 91.3 Å². The number of ether oxygens (including phenoxy) is 2. The van der Waals surface area contributed by atoms with Crippen LogP contribution in [0, 0.1) is 5.82 Å². The van der Waals surface area contributed by atoms with E-state index in [0.717, 1.165) is 0 Å². The van der Waals surface area contributed by atoms with Gasteiger partial charge in [-0.1, -0.05) is 22.0 Å². The highest BCUT2D eigenvalue weighted by Crippen LogP contribution is 2.33. The van der Waals surface area contributed by atoms with Crippen molar-refractivity contribution in [2.45, 2.75) is 24.7 Å². The summed E-state index contributed by atoms with van der Waals surface area (Å²) in [6, 6.07) is 9.95. The molecular formula is C21H22BrFN2O5. The van der Waals surface area contributed by atoms with Gasteiger partial charge in [0.25, 0.3) is 0 Å². The van der Waals surface area contributed by atoms with Crippen LogP contribution in [0.3, 0.4) is 0 Å². The van der Waals surface area contributed by atoms with Gasteiger partial charge in [0.05, 0.1) is 18.0 Å². The van der Waals surface area contributed by atoms with E-state index in [-0.39, 0.29) is 38.7 Å². The van der Waals surface area contributed by atoms with Gasteiger partial charge in [-0.25, -0.2) is 4.39 Å². The number of amides is 1. The highest BCUT2D eigenvalue weighted by atomic mass is 79.9. The van der Waals surface area contributed by atoms with Gasteiger partial charge in [-0.05, 0) is 36.8 Å². The number of anilines is 2. The van der Waals surface area contributed by atoms with Gasteiger partial charge >= 0.3 is 0 Å². The third-order valence-corrected chi connectivity index (χ3v) is 5.94. The van der Waals surface area contributed by atoms with Gasteiger partial charge in [-0.2, -0.15) is 0 Å². The molecule has 2 aliphatic heterocycles. The Kier molecular flexibility index (Phi) is 5.97. The van der Waals surface area contributed by atoms with Crippen LogP contribution in [0.15, 0.2) is 40.9 Å². The number of aliphatic hydroxyl groups is 2. The molecule has 4 rings (SSSR count). The Morgan fingerprint density at radius 1 is 1.33 bits per heavy atom. The standard InChI is InChI=1S/C21H22BrFN2O5/c22-13-4-5-17(15(23)8-13)25-7-6-21(28,19(26)9-25)12-30-18-3-1-2-16-14(18)10-29-11-20(27)24-16/h1-5,8,19,26,28H,6-7,9-12H2,(H,24,27)/t19-,21-/m1/s1. The minimum absolute atomic E-state index is 0.0424. The van der Waals surface area contributed by atoms with E-state index in [4.69, 9.17) is 9.47 Å². The number of piperidine rings is 1. The van der Waals surface area contributed by atoms with E-state index >= 15 is 0 Å². The SMILES string of the molecule is O=C1COCc2c(cccc2OC[C@]2(O)CCN(c3ccc(Br)cc3F)C[C@H]2O)N1. The van der Waals surface area contributed by atoms with E-state index in [9.17, 15) is 19.4 Å². The molecule has 0 saturated carbocycles. The predicted molar refractivity (Wildman–Crippen MR) is 112 cm³/mol. The zero-order chi connectivity index (χ0) is 21.3. The maximum absolute atomic E-state index is 14.3. The molecule has 1 amide bonds. The number of nitrogens with one attached hydrogen (secondary N) is 1. The lowest BCUT2D eigenvalue weighted by atomic mass is 9.89. The van der Waals surface area contributed by atoms with Crippen LogP contribution in [0.1, 0.15) is 12.0 Å². The van der Waals surface area contributed by atoms with Gasteiger partial charge in [0.1, 0.15) is 36.5 Å². The lowest BCUT2D eigenvalue weighted by molar-refractivity contribution is -0.120. The number of carbonyl (C=O) groups excluding carboxylic acids is 1. The number of nitrogens with zero attached hydrogens (tertiary/aromatic N) is 1. The highest BCUT2D eigenvalue weighted by molar-refractivity contribution is 9.10. The second-order valence-electron chi connectivity index (χ2n) is 7.52. The fourth-order valence-corrected chi connectivity index (χ4v) is 4.02. The normalized spacial score (nSPS) is 24.1. The quantitative estimate of drug-likeness (QED) is 0.622. The van der Waals surface area contributed by atoms with Gasteiger partial charge in [-0.15, -0.1) is 0 Å². The molecule has 0 radical (unpaired) electrons. The number of aliphatic hydroxyl groups excluding tert-OH is 1. The van der Waals surface area contributed by atoms with Crippen molar-refractivity contribution in [3.63, 3.8) is 0 Å². The molecule has 2 aromatic rings. The molecule has 1 saturated heterocycles. The first kappa shape index (κ1) is 21.0. The average Bonchev–Trinajstić information content (AvgIpc) is 2.90. The van der Waals surface area contributed by atoms with Crippen LogP contribution in [0.4, 0.5) is 15.8 Å². The summed E-state index contributed by atoms with van der Waals surface area (Å²) in [4.78, 5) is 13.4. The summed E-state index contributed by atoms with van der Waals surface area (Å²) >= 11 is 3.23. The molecule has 7 nitrogen and oxygen atoms in total. The first-order valence-corrected chi connectivity index (χ1v) is 10.4. The lowest BCUT2D eigenvalue weighted by Crippen LogP contribution is -2.58. The molecule has 160 valence electrons. The Bertz CT molecular complexity index is 959. The second-order valence-corrected chi connectivity index (χ2v) is 8.44. The summed E-state index contributed by atoms with van der Waals surface area (Å²) in [5.41, 5.74) is 0.167. The molecular weight excluding hydrogens is 459 g/mol. The molecule has 0 spiro atoms. The van der Waals surface area contributed by atoms with E-state index in [0.29, 0.717) is 33.7 Å². The van der Waals surface area contributed by atoms with Gasteiger partial charge in [0, 0.05) is 23.1 Å². The summed E-state index contributed by atoms with van der Waals surface area (Å²) in [5.74, 6) is -0.170. The van der Waals surface area contributed by atoms with E-state index in [2.05, 4.69) is 21.2 Å². The highest BCUT2D eigenvalue weighted by Gasteiger charge is 2.42. The predicted octanol–water partition coefficient (Wildman–Crippen LogP) is 2.44. The Labute approximate surface area is 181 Å². The zero-order valence-corrected chi connectivity index (χ0v) is 17.7. The van der Waals surface area contributed by atoms with E-state index in [1.165, 1.54) is 6.07 Å². The van der Waals surface area contributed by atoms with Gasteiger partial charge < -0.3 is 29.9 Å². The van der Waals surface area contributed by atoms with Crippen LogP contribution in [0.2, 0.25) is 0 Å². The Hall–Kier alpha value is -2.20. The van der Waals surface area contributed by atoms with Gasteiger partial charge in [0.2, 0.25) is 5.91 Å². The Morgan fingerprint density at radius 2 is 2.17 bits per heavy atom. The van der Waals surface area contributed by atoms with Gasteiger partial charge in [0.15, 0.2) is 0 Å². The molecule has 3 N–H and O–H groups in total. The molecule has 2 atom stereocenters. The molecule has 0 bridgehead atoms. The molecule has 0 unspecified atom stereocenters. The Morgan fingerprint density at radius 3 is 2.93 bits per heavy atom. The molecule has 0 aromatic heterocycles. The molecule has 2 aromatic carbocycles. The number of rotatable bonds is 4. The van der Waals surface area contributed by atoms with Crippen molar-refractivity contribution in [2.75, 3.05) is 36.5 Å².